The minimum Gasteiger partial charge on any atom is -0.486 e. The molecule has 2 aromatic carbocycles. The van der Waals surface area contributed by atoms with Crippen LogP contribution in [0.25, 0.3) is 6.08 Å². The van der Waals surface area contributed by atoms with E-state index in [9.17, 15) is 10.1 Å². The Kier molecular flexibility index (Phi) is 7.73. The third-order valence-electron chi connectivity index (χ3n) is 4.49. The first-order chi connectivity index (χ1) is 15.1. The van der Waals surface area contributed by atoms with Gasteiger partial charge in [0.05, 0.1) is 0 Å². The number of aromatic nitrogens is 2. The Morgan fingerprint density at radius 3 is 2.48 bits per heavy atom. The highest BCUT2D eigenvalue weighted by Crippen LogP contribution is 2.20. The Bertz CT molecular complexity index is 1070. The molecule has 158 valence electrons. The van der Waals surface area contributed by atoms with Gasteiger partial charge in [-0.05, 0) is 49.8 Å². The second-order valence-electron chi connectivity index (χ2n) is 6.49. The van der Waals surface area contributed by atoms with Crippen LogP contribution in [-0.4, -0.2) is 29.2 Å². The van der Waals surface area contributed by atoms with E-state index in [0.717, 1.165) is 30.1 Å². The lowest BCUT2D eigenvalue weighted by Crippen LogP contribution is -2.21. The maximum atomic E-state index is 12.5. The van der Waals surface area contributed by atoms with E-state index in [1.165, 1.54) is 11.3 Å². The summed E-state index contributed by atoms with van der Waals surface area (Å²) in [5.74, 6) is 0.201. The molecule has 3 rings (SSSR count). The lowest BCUT2D eigenvalue weighted by Gasteiger charge is -2.20. The van der Waals surface area contributed by atoms with Crippen molar-refractivity contribution < 1.29 is 9.53 Å². The van der Waals surface area contributed by atoms with Gasteiger partial charge in [-0.2, -0.15) is 5.26 Å². The number of para-hydroxylation sites is 1. The number of carbonyl (C=O) groups excluding carboxylic acids is 1. The van der Waals surface area contributed by atoms with Crippen LogP contribution >= 0.6 is 11.3 Å². The van der Waals surface area contributed by atoms with Crippen LogP contribution in [0.3, 0.4) is 0 Å². The van der Waals surface area contributed by atoms with Gasteiger partial charge >= 0.3 is 0 Å². The monoisotopic (exact) mass is 433 g/mol. The van der Waals surface area contributed by atoms with Crippen molar-refractivity contribution in [3.63, 3.8) is 0 Å². The van der Waals surface area contributed by atoms with Crippen molar-refractivity contribution in [2.45, 2.75) is 20.5 Å². The van der Waals surface area contributed by atoms with E-state index < -0.39 is 5.91 Å². The Balaban J connectivity index is 1.62. The Morgan fingerprint density at radius 1 is 1.13 bits per heavy atom. The minimum atomic E-state index is -0.526. The zero-order chi connectivity index (χ0) is 22.1. The Morgan fingerprint density at radius 2 is 1.84 bits per heavy atom. The van der Waals surface area contributed by atoms with Gasteiger partial charge in [-0.25, -0.2) is 0 Å². The van der Waals surface area contributed by atoms with Gasteiger partial charge in [0.2, 0.25) is 5.13 Å². The number of anilines is 2. The third-order valence-corrected chi connectivity index (χ3v) is 5.30. The van der Waals surface area contributed by atoms with Crippen LogP contribution in [0.1, 0.15) is 24.4 Å². The van der Waals surface area contributed by atoms with E-state index in [2.05, 4.69) is 34.3 Å². The maximum absolute atomic E-state index is 12.5. The number of carbonyl (C=O) groups is 1. The van der Waals surface area contributed by atoms with Crippen LogP contribution in [0.15, 0.2) is 60.2 Å². The first-order valence-corrected chi connectivity index (χ1v) is 10.7. The average Bonchev–Trinajstić information content (AvgIpc) is 3.25. The summed E-state index contributed by atoms with van der Waals surface area (Å²) in [6.07, 6.45) is 1.56. The highest BCUT2D eigenvalue weighted by molar-refractivity contribution is 7.15. The quantitative estimate of drug-likeness (QED) is 0.394. The van der Waals surface area contributed by atoms with Crippen molar-refractivity contribution in [2.24, 2.45) is 0 Å². The first-order valence-electron chi connectivity index (χ1n) is 9.91. The molecule has 0 saturated heterocycles. The fraction of sp³-hybridized carbons (Fsp3) is 0.217. The van der Waals surface area contributed by atoms with Gasteiger partial charge in [-0.1, -0.05) is 41.7 Å². The van der Waals surface area contributed by atoms with Gasteiger partial charge < -0.3 is 9.64 Å². The molecule has 1 aromatic heterocycles. The molecule has 8 heteroatoms. The molecule has 0 aliphatic carbocycles. The van der Waals surface area contributed by atoms with Crippen LogP contribution in [0.2, 0.25) is 0 Å². The lowest BCUT2D eigenvalue weighted by molar-refractivity contribution is -0.112. The number of nitrogens with one attached hydrogen (secondary N) is 1. The number of ether oxygens (including phenoxy) is 1. The summed E-state index contributed by atoms with van der Waals surface area (Å²) in [6.45, 7) is 6.27. The number of benzene rings is 2. The summed E-state index contributed by atoms with van der Waals surface area (Å²) < 4.78 is 5.63. The van der Waals surface area contributed by atoms with Crippen molar-refractivity contribution in [3.05, 3.63) is 70.7 Å². The second-order valence-corrected chi connectivity index (χ2v) is 7.55. The molecule has 3 aromatic rings. The second kappa shape index (κ2) is 10.9. The van der Waals surface area contributed by atoms with Gasteiger partial charge in [0.25, 0.3) is 5.91 Å². The normalized spacial score (nSPS) is 10.9. The van der Waals surface area contributed by atoms with Gasteiger partial charge in [-0.15, -0.1) is 10.2 Å². The van der Waals surface area contributed by atoms with E-state index in [4.69, 9.17) is 4.74 Å². The number of amides is 1. The van der Waals surface area contributed by atoms with Crippen molar-refractivity contribution >= 4 is 34.1 Å². The first kappa shape index (κ1) is 22.0. The average molecular weight is 434 g/mol. The van der Waals surface area contributed by atoms with Crippen LogP contribution in [-0.2, 0) is 11.4 Å². The molecule has 0 saturated carbocycles. The highest BCUT2D eigenvalue weighted by Gasteiger charge is 2.13. The predicted octanol–water partition coefficient (Wildman–Crippen LogP) is 4.51. The number of hydrogen-bond acceptors (Lipinski definition) is 7. The largest absolute Gasteiger partial charge is 0.486 e. The Labute approximate surface area is 185 Å². The molecule has 1 amide bonds. The summed E-state index contributed by atoms with van der Waals surface area (Å²) in [5, 5.41) is 21.0. The molecule has 0 aliphatic rings. The molecule has 0 radical (unpaired) electrons. The zero-order valence-electron chi connectivity index (χ0n) is 17.4. The number of nitrogens with zero attached hydrogens (tertiary/aromatic N) is 4. The summed E-state index contributed by atoms with van der Waals surface area (Å²) in [5.41, 5.74) is 1.87. The topological polar surface area (TPSA) is 91.1 Å². The third kappa shape index (κ3) is 6.14. The highest BCUT2D eigenvalue weighted by atomic mass is 32.1. The van der Waals surface area contributed by atoms with Gasteiger partial charge in [0, 0.05) is 18.8 Å². The smallest absolute Gasteiger partial charge is 0.268 e. The molecule has 1 heterocycles. The molecule has 0 bridgehead atoms. The van der Waals surface area contributed by atoms with Gasteiger partial charge in [-0.3, -0.25) is 10.1 Å². The molecule has 0 spiro atoms. The zero-order valence-corrected chi connectivity index (χ0v) is 18.2. The fourth-order valence-corrected chi connectivity index (χ4v) is 3.52. The molecule has 7 nitrogen and oxygen atoms in total. The van der Waals surface area contributed by atoms with Crippen LogP contribution < -0.4 is 15.0 Å². The number of rotatable bonds is 9. The SMILES string of the molecule is CCN(CC)c1ccc(/C=C(/C#N)C(=O)Nc2nnc(COc3ccccc3)s2)cc1. The molecule has 0 unspecified atom stereocenters. The van der Waals surface area contributed by atoms with E-state index in [-0.39, 0.29) is 12.2 Å². The molecule has 0 aliphatic heterocycles. The molecule has 0 fully saturated rings. The fourth-order valence-electron chi connectivity index (χ4n) is 2.87. The van der Waals surface area contributed by atoms with E-state index in [1.54, 1.807) is 6.08 Å². The number of hydrogen-bond donors (Lipinski definition) is 1. The van der Waals surface area contributed by atoms with Crippen molar-refractivity contribution in [1.29, 1.82) is 5.26 Å². The van der Waals surface area contributed by atoms with Crippen molar-refractivity contribution in [1.82, 2.24) is 10.2 Å². The lowest BCUT2D eigenvalue weighted by atomic mass is 10.1. The van der Waals surface area contributed by atoms with E-state index in [1.807, 2.05) is 60.7 Å². The molecular formula is C23H23N5O2S. The van der Waals surface area contributed by atoms with Crippen molar-refractivity contribution in [2.75, 3.05) is 23.3 Å². The Hall–Kier alpha value is -3.70. The van der Waals surface area contributed by atoms with E-state index >= 15 is 0 Å². The molecule has 0 atom stereocenters. The minimum absolute atomic E-state index is 0.00660. The summed E-state index contributed by atoms with van der Waals surface area (Å²) in [6, 6.07) is 19.1. The van der Waals surface area contributed by atoms with Crippen LogP contribution in [0.4, 0.5) is 10.8 Å². The molecule has 1 N–H and O–H groups in total. The predicted molar refractivity (Wildman–Crippen MR) is 123 cm³/mol. The van der Waals surface area contributed by atoms with Crippen LogP contribution in [0.5, 0.6) is 5.75 Å². The maximum Gasteiger partial charge on any atom is 0.268 e. The van der Waals surface area contributed by atoms with Gasteiger partial charge in [0.1, 0.15) is 24.0 Å². The summed E-state index contributed by atoms with van der Waals surface area (Å²) >= 11 is 1.20. The summed E-state index contributed by atoms with van der Waals surface area (Å²) in [4.78, 5) is 14.7. The number of nitriles is 1. The molecular weight excluding hydrogens is 410 g/mol. The van der Waals surface area contributed by atoms with Crippen LogP contribution in [0, 0.1) is 11.3 Å². The molecule has 31 heavy (non-hydrogen) atoms. The van der Waals surface area contributed by atoms with Gasteiger partial charge in [0.15, 0.2) is 5.01 Å². The standard InChI is InChI=1S/C23H23N5O2S/c1-3-28(4-2)19-12-10-17(11-13-19)14-18(15-24)22(29)25-23-27-26-21(31-23)16-30-20-8-6-5-7-9-20/h5-14H,3-4,16H2,1-2H3,(H,25,27,29)/b18-14-. The van der Waals surface area contributed by atoms with Crippen molar-refractivity contribution in [3.8, 4) is 11.8 Å². The summed E-state index contributed by atoms with van der Waals surface area (Å²) in [7, 11) is 0. The van der Waals surface area contributed by atoms with E-state index in [0.29, 0.717) is 10.1 Å².